The van der Waals surface area contributed by atoms with Crippen LogP contribution >= 0.6 is 0 Å². The minimum atomic E-state index is 0.695. The SMILES string of the molecule is Cc1cccnc1N1CCc2ncc(-c3ccc(C4CC4)nc3)cc2C1. The van der Waals surface area contributed by atoms with Crippen LogP contribution in [0.1, 0.15) is 41.3 Å². The van der Waals surface area contributed by atoms with Crippen LogP contribution in [0.2, 0.25) is 0 Å². The summed E-state index contributed by atoms with van der Waals surface area (Å²) in [5.74, 6) is 1.78. The molecule has 4 heterocycles. The summed E-state index contributed by atoms with van der Waals surface area (Å²) in [4.78, 5) is 16.3. The third-order valence-corrected chi connectivity index (χ3v) is 5.44. The monoisotopic (exact) mass is 342 g/mol. The van der Waals surface area contributed by atoms with Crippen molar-refractivity contribution < 1.29 is 0 Å². The van der Waals surface area contributed by atoms with Crippen LogP contribution in [-0.4, -0.2) is 21.5 Å². The number of aromatic nitrogens is 3. The van der Waals surface area contributed by atoms with Gasteiger partial charge < -0.3 is 4.90 Å². The van der Waals surface area contributed by atoms with Crippen LogP contribution in [0.15, 0.2) is 48.9 Å². The number of anilines is 1. The topological polar surface area (TPSA) is 41.9 Å². The second kappa shape index (κ2) is 6.20. The third kappa shape index (κ3) is 2.85. The summed E-state index contributed by atoms with van der Waals surface area (Å²) in [6.07, 6.45) is 9.41. The fraction of sp³-hybridized carbons (Fsp3) is 0.318. The quantitative estimate of drug-likeness (QED) is 0.712. The van der Waals surface area contributed by atoms with Gasteiger partial charge in [-0.05, 0) is 49.1 Å². The van der Waals surface area contributed by atoms with Crippen molar-refractivity contribution in [3.05, 3.63) is 71.4 Å². The van der Waals surface area contributed by atoms with Gasteiger partial charge in [-0.15, -0.1) is 0 Å². The van der Waals surface area contributed by atoms with Crippen molar-refractivity contribution in [2.24, 2.45) is 0 Å². The lowest BCUT2D eigenvalue weighted by molar-refractivity contribution is 0.701. The molecule has 0 unspecified atom stereocenters. The molecule has 4 nitrogen and oxygen atoms in total. The van der Waals surface area contributed by atoms with Gasteiger partial charge in [-0.2, -0.15) is 0 Å². The Balaban J connectivity index is 1.43. The van der Waals surface area contributed by atoms with Crippen molar-refractivity contribution in [1.82, 2.24) is 15.0 Å². The largest absolute Gasteiger partial charge is 0.352 e. The second-order valence-corrected chi connectivity index (χ2v) is 7.39. The van der Waals surface area contributed by atoms with E-state index in [9.17, 15) is 0 Å². The zero-order valence-corrected chi connectivity index (χ0v) is 15.0. The molecule has 0 radical (unpaired) electrons. The molecule has 0 spiro atoms. The first-order valence-electron chi connectivity index (χ1n) is 9.38. The molecule has 0 aromatic carbocycles. The maximum absolute atomic E-state index is 4.74. The van der Waals surface area contributed by atoms with Crippen molar-refractivity contribution in [3.63, 3.8) is 0 Å². The van der Waals surface area contributed by atoms with Gasteiger partial charge in [-0.3, -0.25) is 9.97 Å². The number of pyridine rings is 3. The lowest BCUT2D eigenvalue weighted by atomic mass is 10.0. The van der Waals surface area contributed by atoms with Crippen molar-refractivity contribution in [3.8, 4) is 11.1 Å². The maximum Gasteiger partial charge on any atom is 0.131 e. The molecule has 0 amide bonds. The standard InChI is InChI=1S/C22H22N4/c1-15-3-2-9-23-22(15)26-10-8-21-19(14-26)11-18(13-25-21)17-6-7-20(24-12-17)16-4-5-16/h2-3,6-7,9,11-13,16H,4-5,8,10,14H2,1H3. The Hall–Kier alpha value is -2.75. The minimum Gasteiger partial charge on any atom is -0.352 e. The van der Waals surface area contributed by atoms with Gasteiger partial charge in [0.05, 0.1) is 0 Å². The van der Waals surface area contributed by atoms with Crippen molar-refractivity contribution in [2.75, 3.05) is 11.4 Å². The lowest BCUT2D eigenvalue weighted by Crippen LogP contribution is -2.32. The molecular weight excluding hydrogens is 320 g/mol. The predicted octanol–water partition coefficient (Wildman–Crippen LogP) is 4.29. The van der Waals surface area contributed by atoms with E-state index in [0.717, 1.165) is 36.5 Å². The first-order valence-corrected chi connectivity index (χ1v) is 9.38. The summed E-state index contributed by atoms with van der Waals surface area (Å²) in [6.45, 7) is 3.95. The lowest BCUT2D eigenvalue weighted by Gasteiger charge is -2.30. The van der Waals surface area contributed by atoms with Crippen LogP contribution in [0, 0.1) is 6.92 Å². The number of fused-ring (bicyclic) bond motifs is 1. The highest BCUT2D eigenvalue weighted by atomic mass is 15.2. The molecule has 0 saturated heterocycles. The molecule has 0 N–H and O–H groups in total. The summed E-state index contributed by atoms with van der Waals surface area (Å²) in [5, 5.41) is 0. The Morgan fingerprint density at radius 3 is 2.65 bits per heavy atom. The summed E-state index contributed by atoms with van der Waals surface area (Å²) in [6, 6.07) is 10.8. The minimum absolute atomic E-state index is 0.695. The van der Waals surface area contributed by atoms with E-state index in [1.807, 2.05) is 24.7 Å². The zero-order valence-electron chi connectivity index (χ0n) is 15.0. The maximum atomic E-state index is 4.74. The van der Waals surface area contributed by atoms with Crippen LogP contribution in [0.25, 0.3) is 11.1 Å². The van der Waals surface area contributed by atoms with E-state index in [0.29, 0.717) is 5.92 Å². The normalized spacial score (nSPS) is 16.4. The fourth-order valence-corrected chi connectivity index (χ4v) is 3.77. The smallest absolute Gasteiger partial charge is 0.131 e. The Bertz CT molecular complexity index is 945. The van der Waals surface area contributed by atoms with Crippen LogP contribution in [0.4, 0.5) is 5.82 Å². The first kappa shape index (κ1) is 15.5. The summed E-state index contributed by atoms with van der Waals surface area (Å²) >= 11 is 0. The van der Waals surface area contributed by atoms with Gasteiger partial charge in [0.25, 0.3) is 0 Å². The highest BCUT2D eigenvalue weighted by molar-refractivity contribution is 5.63. The van der Waals surface area contributed by atoms with E-state index in [2.05, 4.69) is 46.1 Å². The average molecular weight is 342 g/mol. The highest BCUT2D eigenvalue weighted by Crippen LogP contribution is 2.39. The number of hydrogen-bond donors (Lipinski definition) is 0. The molecule has 3 aromatic rings. The third-order valence-electron chi connectivity index (χ3n) is 5.44. The Morgan fingerprint density at radius 1 is 1.00 bits per heavy atom. The Morgan fingerprint density at radius 2 is 1.88 bits per heavy atom. The van der Waals surface area contributed by atoms with Gasteiger partial charge in [-0.1, -0.05) is 12.1 Å². The van der Waals surface area contributed by atoms with E-state index in [1.54, 1.807) is 0 Å². The van der Waals surface area contributed by atoms with Crippen molar-refractivity contribution >= 4 is 5.82 Å². The van der Waals surface area contributed by atoms with E-state index in [-0.39, 0.29) is 0 Å². The molecule has 1 aliphatic carbocycles. The van der Waals surface area contributed by atoms with Crippen molar-refractivity contribution in [2.45, 2.75) is 38.6 Å². The number of aryl methyl sites for hydroxylation is 1. The Labute approximate surface area is 154 Å². The number of nitrogens with zero attached hydrogens (tertiary/aromatic N) is 4. The van der Waals surface area contributed by atoms with Gasteiger partial charge >= 0.3 is 0 Å². The Kier molecular flexibility index (Phi) is 3.70. The van der Waals surface area contributed by atoms with Crippen LogP contribution in [0.3, 0.4) is 0 Å². The summed E-state index contributed by atoms with van der Waals surface area (Å²) in [5.41, 5.74) is 7.26. The van der Waals surface area contributed by atoms with E-state index >= 15 is 0 Å². The molecule has 1 fully saturated rings. The van der Waals surface area contributed by atoms with Crippen LogP contribution in [-0.2, 0) is 13.0 Å². The molecular formula is C22H22N4. The molecule has 1 saturated carbocycles. The molecule has 2 aliphatic rings. The molecule has 1 aliphatic heterocycles. The van der Waals surface area contributed by atoms with Gasteiger partial charge in [0, 0.05) is 66.5 Å². The molecule has 130 valence electrons. The second-order valence-electron chi connectivity index (χ2n) is 7.39. The molecule has 4 heteroatoms. The van der Waals surface area contributed by atoms with E-state index in [4.69, 9.17) is 4.98 Å². The first-order chi connectivity index (χ1) is 12.8. The predicted molar refractivity (Wildman–Crippen MR) is 103 cm³/mol. The molecule has 0 bridgehead atoms. The van der Waals surface area contributed by atoms with Gasteiger partial charge in [0.2, 0.25) is 0 Å². The molecule has 0 atom stereocenters. The van der Waals surface area contributed by atoms with Crippen LogP contribution < -0.4 is 4.90 Å². The fourth-order valence-electron chi connectivity index (χ4n) is 3.77. The number of rotatable bonds is 3. The van der Waals surface area contributed by atoms with Crippen LogP contribution in [0.5, 0.6) is 0 Å². The highest BCUT2D eigenvalue weighted by Gasteiger charge is 2.25. The van der Waals surface area contributed by atoms with Crippen molar-refractivity contribution in [1.29, 1.82) is 0 Å². The zero-order chi connectivity index (χ0) is 17.5. The molecule has 3 aromatic heterocycles. The van der Waals surface area contributed by atoms with E-state index in [1.165, 1.54) is 35.4 Å². The number of hydrogen-bond acceptors (Lipinski definition) is 4. The van der Waals surface area contributed by atoms with Gasteiger partial charge in [0.15, 0.2) is 0 Å². The van der Waals surface area contributed by atoms with Gasteiger partial charge in [0.1, 0.15) is 5.82 Å². The summed E-state index contributed by atoms with van der Waals surface area (Å²) < 4.78 is 0. The average Bonchev–Trinajstić information content (AvgIpc) is 3.53. The summed E-state index contributed by atoms with van der Waals surface area (Å²) in [7, 11) is 0. The molecule has 26 heavy (non-hydrogen) atoms. The molecule has 5 rings (SSSR count). The van der Waals surface area contributed by atoms with E-state index < -0.39 is 0 Å². The van der Waals surface area contributed by atoms with Gasteiger partial charge in [-0.25, -0.2) is 4.98 Å².